The van der Waals surface area contributed by atoms with Crippen LogP contribution in [0.1, 0.15) is 5.56 Å². The van der Waals surface area contributed by atoms with Crippen molar-refractivity contribution < 1.29 is 9.47 Å². The molecule has 3 heteroatoms. The van der Waals surface area contributed by atoms with Crippen LogP contribution in [0.3, 0.4) is 0 Å². The lowest BCUT2D eigenvalue weighted by atomic mass is 10.1. The van der Waals surface area contributed by atoms with E-state index in [2.05, 4.69) is 0 Å². The minimum absolute atomic E-state index is 0.640. The average molecular weight is 189 g/mol. The minimum atomic E-state index is 0.640. The summed E-state index contributed by atoms with van der Waals surface area (Å²) in [5.74, 6) is 1.30. The first-order chi connectivity index (χ1) is 6.83. The molecule has 3 nitrogen and oxygen atoms in total. The Labute approximate surface area is 83.2 Å². The van der Waals surface area contributed by atoms with Gasteiger partial charge >= 0.3 is 0 Å². The summed E-state index contributed by atoms with van der Waals surface area (Å²) in [4.78, 5) is 0. The van der Waals surface area contributed by atoms with Gasteiger partial charge in [-0.3, -0.25) is 0 Å². The zero-order valence-electron chi connectivity index (χ0n) is 8.15. The molecule has 0 saturated carbocycles. The number of nitrogens with zero attached hydrogens (tertiary/aromatic N) is 1. The molecule has 0 aromatic heterocycles. The van der Waals surface area contributed by atoms with Crippen molar-refractivity contribution in [2.24, 2.45) is 0 Å². The van der Waals surface area contributed by atoms with Gasteiger partial charge in [-0.25, -0.2) is 0 Å². The van der Waals surface area contributed by atoms with E-state index >= 15 is 0 Å². The molecule has 0 spiro atoms. The molecule has 0 amide bonds. The van der Waals surface area contributed by atoms with Crippen LogP contribution in [0.25, 0.3) is 6.08 Å². The normalized spacial score (nSPS) is 9.79. The van der Waals surface area contributed by atoms with Crippen molar-refractivity contribution in [1.29, 1.82) is 5.26 Å². The Morgan fingerprint density at radius 2 is 2.07 bits per heavy atom. The molecular formula is C11H11NO2. The highest BCUT2D eigenvalue weighted by atomic mass is 16.5. The minimum Gasteiger partial charge on any atom is -0.493 e. The summed E-state index contributed by atoms with van der Waals surface area (Å²) < 4.78 is 10.3. The third kappa shape index (κ3) is 2.05. The molecule has 0 heterocycles. The fourth-order valence-electron chi connectivity index (χ4n) is 1.17. The molecule has 14 heavy (non-hydrogen) atoms. The summed E-state index contributed by atoms with van der Waals surface area (Å²) >= 11 is 0. The molecule has 1 aromatic rings. The van der Waals surface area contributed by atoms with Crippen LogP contribution < -0.4 is 9.47 Å². The average Bonchev–Trinajstić information content (AvgIpc) is 2.25. The molecule has 0 aliphatic heterocycles. The number of benzene rings is 1. The van der Waals surface area contributed by atoms with Gasteiger partial charge in [0.25, 0.3) is 0 Å². The Morgan fingerprint density at radius 3 is 2.64 bits per heavy atom. The van der Waals surface area contributed by atoms with Crippen LogP contribution in [-0.2, 0) is 0 Å². The summed E-state index contributed by atoms with van der Waals surface area (Å²) in [5.41, 5.74) is 0.827. The maximum absolute atomic E-state index is 8.41. The summed E-state index contributed by atoms with van der Waals surface area (Å²) in [6, 6.07) is 7.44. The highest BCUT2D eigenvalue weighted by Gasteiger charge is 2.05. The number of ether oxygens (including phenoxy) is 2. The maximum atomic E-state index is 8.41. The second kappa shape index (κ2) is 4.93. The van der Waals surface area contributed by atoms with E-state index in [4.69, 9.17) is 14.7 Å². The Bertz CT molecular complexity index is 377. The van der Waals surface area contributed by atoms with Crippen LogP contribution in [0.5, 0.6) is 11.5 Å². The van der Waals surface area contributed by atoms with Crippen LogP contribution in [-0.4, -0.2) is 14.2 Å². The largest absolute Gasteiger partial charge is 0.493 e. The SMILES string of the molecule is COc1cccc(/C=C\C#N)c1OC. The highest BCUT2D eigenvalue weighted by Crippen LogP contribution is 2.31. The summed E-state index contributed by atoms with van der Waals surface area (Å²) in [5, 5.41) is 8.41. The van der Waals surface area contributed by atoms with E-state index in [1.165, 1.54) is 6.08 Å². The quantitative estimate of drug-likeness (QED) is 0.685. The fourth-order valence-corrected chi connectivity index (χ4v) is 1.17. The van der Waals surface area contributed by atoms with E-state index in [0.29, 0.717) is 11.5 Å². The van der Waals surface area contributed by atoms with Gasteiger partial charge < -0.3 is 9.47 Å². The summed E-state index contributed by atoms with van der Waals surface area (Å²) in [6.45, 7) is 0. The third-order valence-electron chi connectivity index (χ3n) is 1.77. The number of methoxy groups -OCH3 is 2. The van der Waals surface area contributed by atoms with Gasteiger partial charge in [-0.05, 0) is 12.1 Å². The van der Waals surface area contributed by atoms with Crippen LogP contribution in [0.15, 0.2) is 24.3 Å². The first-order valence-corrected chi connectivity index (χ1v) is 4.10. The van der Waals surface area contributed by atoms with Crippen LogP contribution >= 0.6 is 0 Å². The van der Waals surface area contributed by atoms with Crippen LogP contribution in [0.4, 0.5) is 0 Å². The van der Waals surface area contributed by atoms with Crippen molar-refractivity contribution in [3.05, 3.63) is 29.8 Å². The monoisotopic (exact) mass is 189 g/mol. The number of rotatable bonds is 3. The predicted molar refractivity (Wildman–Crippen MR) is 54.2 cm³/mol. The Morgan fingerprint density at radius 1 is 1.29 bits per heavy atom. The molecule has 0 unspecified atom stereocenters. The van der Waals surface area contributed by atoms with Gasteiger partial charge in [-0.1, -0.05) is 12.1 Å². The first kappa shape index (κ1) is 10.1. The molecule has 0 aliphatic carbocycles. The Kier molecular flexibility index (Phi) is 3.57. The lowest BCUT2D eigenvalue weighted by Gasteiger charge is -2.09. The molecule has 0 saturated heterocycles. The first-order valence-electron chi connectivity index (χ1n) is 4.10. The van der Waals surface area contributed by atoms with Gasteiger partial charge in [0.05, 0.1) is 20.3 Å². The van der Waals surface area contributed by atoms with Crippen molar-refractivity contribution >= 4 is 6.08 Å². The number of hydrogen-bond donors (Lipinski definition) is 0. The molecule has 0 fully saturated rings. The molecule has 72 valence electrons. The number of allylic oxidation sites excluding steroid dienone is 1. The number of hydrogen-bond acceptors (Lipinski definition) is 3. The van der Waals surface area contributed by atoms with E-state index < -0.39 is 0 Å². The van der Waals surface area contributed by atoms with Crippen molar-refractivity contribution in [3.63, 3.8) is 0 Å². The second-order valence-corrected chi connectivity index (χ2v) is 2.55. The zero-order valence-corrected chi connectivity index (χ0v) is 8.15. The van der Waals surface area contributed by atoms with E-state index in [1.807, 2.05) is 24.3 Å². The Balaban J connectivity index is 3.16. The summed E-state index contributed by atoms with van der Waals surface area (Å²) in [7, 11) is 3.15. The van der Waals surface area contributed by atoms with E-state index in [1.54, 1.807) is 20.3 Å². The molecule has 1 rings (SSSR count). The van der Waals surface area contributed by atoms with Gasteiger partial charge in [0, 0.05) is 11.6 Å². The smallest absolute Gasteiger partial charge is 0.167 e. The predicted octanol–water partition coefficient (Wildman–Crippen LogP) is 2.24. The van der Waals surface area contributed by atoms with Gasteiger partial charge in [-0.2, -0.15) is 5.26 Å². The van der Waals surface area contributed by atoms with Gasteiger partial charge in [0.1, 0.15) is 0 Å². The molecule has 0 atom stereocenters. The molecule has 0 bridgehead atoms. The third-order valence-corrected chi connectivity index (χ3v) is 1.77. The van der Waals surface area contributed by atoms with Gasteiger partial charge in [-0.15, -0.1) is 0 Å². The van der Waals surface area contributed by atoms with Crippen LogP contribution in [0, 0.1) is 11.3 Å². The van der Waals surface area contributed by atoms with E-state index in [-0.39, 0.29) is 0 Å². The maximum Gasteiger partial charge on any atom is 0.167 e. The highest BCUT2D eigenvalue weighted by molar-refractivity contribution is 5.63. The lowest BCUT2D eigenvalue weighted by Crippen LogP contribution is -1.92. The lowest BCUT2D eigenvalue weighted by molar-refractivity contribution is 0.354. The van der Waals surface area contributed by atoms with Gasteiger partial charge in [0.15, 0.2) is 11.5 Å². The van der Waals surface area contributed by atoms with Crippen molar-refractivity contribution in [1.82, 2.24) is 0 Å². The topological polar surface area (TPSA) is 42.2 Å². The zero-order chi connectivity index (χ0) is 10.4. The van der Waals surface area contributed by atoms with Gasteiger partial charge in [0.2, 0.25) is 0 Å². The number of nitriles is 1. The molecule has 0 aliphatic rings. The molecule has 1 aromatic carbocycles. The summed E-state index contributed by atoms with van der Waals surface area (Å²) in [6.07, 6.45) is 3.08. The molecule has 0 radical (unpaired) electrons. The van der Waals surface area contributed by atoms with Crippen LogP contribution in [0.2, 0.25) is 0 Å². The molecule has 0 N–H and O–H groups in total. The molecular weight excluding hydrogens is 178 g/mol. The Hall–Kier alpha value is -1.95. The number of para-hydroxylation sites is 1. The second-order valence-electron chi connectivity index (χ2n) is 2.55. The standard InChI is InChI=1S/C11H11NO2/c1-13-10-7-3-5-9(6-4-8-12)11(10)14-2/h3-7H,1-2H3/b6-4-. The van der Waals surface area contributed by atoms with Crippen molar-refractivity contribution in [2.75, 3.05) is 14.2 Å². The van der Waals surface area contributed by atoms with Crippen molar-refractivity contribution in [2.45, 2.75) is 0 Å². The van der Waals surface area contributed by atoms with E-state index in [0.717, 1.165) is 5.56 Å². The fraction of sp³-hybridized carbons (Fsp3) is 0.182. The van der Waals surface area contributed by atoms with Crippen molar-refractivity contribution in [3.8, 4) is 17.6 Å². The van der Waals surface area contributed by atoms with E-state index in [9.17, 15) is 0 Å².